The maximum atomic E-state index is 12.3. The number of hydrogen-bond donors (Lipinski definition) is 0. The Hall–Kier alpha value is -2.29. The monoisotopic (exact) mass is 431 g/mol. The lowest BCUT2D eigenvalue weighted by Gasteiger charge is -2.29. The normalized spacial score (nSPS) is 18.4. The summed E-state index contributed by atoms with van der Waals surface area (Å²) < 4.78 is 16.7. The predicted molar refractivity (Wildman–Crippen MR) is 119 cm³/mol. The van der Waals surface area contributed by atoms with Gasteiger partial charge >= 0.3 is 6.09 Å². The van der Waals surface area contributed by atoms with Crippen LogP contribution >= 0.6 is 11.8 Å². The minimum absolute atomic E-state index is 0.0486. The van der Waals surface area contributed by atoms with Crippen LogP contribution in [0.3, 0.4) is 0 Å². The van der Waals surface area contributed by atoms with E-state index in [1.54, 1.807) is 11.9 Å². The number of ether oxygens (including phenoxy) is 3. The quantitative estimate of drug-likeness (QED) is 0.485. The molecule has 1 atom stereocenters. The van der Waals surface area contributed by atoms with Gasteiger partial charge in [0.2, 0.25) is 0 Å². The number of morpholine rings is 1. The zero-order valence-electron chi connectivity index (χ0n) is 17.6. The second kappa shape index (κ2) is 11.2. The number of thioether (sulfide) groups is 1. The molecule has 8 heteroatoms. The third-order valence-corrected chi connectivity index (χ3v) is 5.70. The van der Waals surface area contributed by atoms with Crippen molar-refractivity contribution >= 4 is 23.7 Å². The van der Waals surface area contributed by atoms with Crippen LogP contribution in [0, 0.1) is 5.92 Å². The zero-order chi connectivity index (χ0) is 21.3. The number of carbonyl (C=O) groups excluding carboxylic acids is 1. The van der Waals surface area contributed by atoms with Gasteiger partial charge in [-0.1, -0.05) is 55.6 Å². The molecule has 1 amide bonds. The van der Waals surface area contributed by atoms with Crippen molar-refractivity contribution in [1.29, 1.82) is 0 Å². The average Bonchev–Trinajstić information content (AvgIpc) is 3.14. The third kappa shape index (κ3) is 5.87. The van der Waals surface area contributed by atoms with Gasteiger partial charge in [0.15, 0.2) is 0 Å². The number of amides is 1. The molecule has 1 aromatic carbocycles. The number of hydrogen-bond acceptors (Lipinski definition) is 6. The van der Waals surface area contributed by atoms with Crippen molar-refractivity contribution in [2.75, 3.05) is 46.6 Å². The minimum Gasteiger partial charge on any atom is -0.443 e. The van der Waals surface area contributed by atoms with Crippen LogP contribution < -0.4 is 0 Å². The van der Waals surface area contributed by atoms with Gasteiger partial charge in [0, 0.05) is 31.5 Å². The molecule has 1 fully saturated rings. The molecule has 30 heavy (non-hydrogen) atoms. The van der Waals surface area contributed by atoms with Crippen LogP contribution in [-0.2, 0) is 20.8 Å². The van der Waals surface area contributed by atoms with E-state index in [9.17, 15) is 4.79 Å². The molecule has 0 aromatic heterocycles. The number of benzene rings is 1. The maximum Gasteiger partial charge on any atom is 0.410 e. The fourth-order valence-electron chi connectivity index (χ4n) is 3.29. The molecule has 0 N–H and O–H groups in total. The van der Waals surface area contributed by atoms with Crippen LogP contribution in [0.5, 0.6) is 0 Å². The lowest BCUT2D eigenvalue weighted by atomic mass is 10.1. The molecule has 0 radical (unpaired) electrons. The number of nitrogens with zero attached hydrogens (tertiary/aromatic N) is 3. The molecule has 1 unspecified atom stereocenters. The van der Waals surface area contributed by atoms with Crippen molar-refractivity contribution in [1.82, 2.24) is 9.80 Å². The first-order valence-corrected chi connectivity index (χ1v) is 10.9. The van der Waals surface area contributed by atoms with Gasteiger partial charge in [0.05, 0.1) is 37.2 Å². The molecule has 2 aliphatic rings. The lowest BCUT2D eigenvalue weighted by molar-refractivity contribution is 0.0287. The minimum atomic E-state index is -0.323. The molecular formula is C22H29N3O4S. The highest BCUT2D eigenvalue weighted by Crippen LogP contribution is 2.35. The van der Waals surface area contributed by atoms with Crippen molar-refractivity contribution in [3.8, 4) is 0 Å². The van der Waals surface area contributed by atoms with E-state index in [0.717, 1.165) is 22.1 Å². The molecule has 2 heterocycles. The second-order valence-electron chi connectivity index (χ2n) is 7.09. The molecule has 0 saturated carbocycles. The Morgan fingerprint density at radius 3 is 2.70 bits per heavy atom. The average molecular weight is 432 g/mol. The number of rotatable bonds is 7. The highest BCUT2D eigenvalue weighted by atomic mass is 32.2. The summed E-state index contributed by atoms with van der Waals surface area (Å²) in [5.41, 5.74) is 1.98. The maximum absolute atomic E-state index is 12.3. The Balaban J connectivity index is 1.54. The Bertz CT molecular complexity index is 791. The summed E-state index contributed by atoms with van der Waals surface area (Å²) in [6.07, 6.45) is -0.323. The van der Waals surface area contributed by atoms with E-state index in [-0.39, 0.29) is 18.6 Å². The van der Waals surface area contributed by atoms with E-state index < -0.39 is 0 Å². The van der Waals surface area contributed by atoms with E-state index >= 15 is 0 Å². The van der Waals surface area contributed by atoms with Crippen molar-refractivity contribution in [3.05, 3.63) is 58.6 Å². The van der Waals surface area contributed by atoms with Gasteiger partial charge in [-0.2, -0.15) is 0 Å². The SMILES string of the molecule is C=C1SC=C(COC(=O)N2CCOCC2)N1C(=NC)C(C)COCc1ccccc1. The van der Waals surface area contributed by atoms with E-state index in [1.165, 1.54) is 11.8 Å². The van der Waals surface area contributed by atoms with Gasteiger partial charge in [-0.3, -0.25) is 9.89 Å². The van der Waals surface area contributed by atoms with Gasteiger partial charge in [-0.05, 0) is 5.56 Å². The summed E-state index contributed by atoms with van der Waals surface area (Å²) in [7, 11) is 1.76. The first kappa shape index (κ1) is 22.4. The first-order valence-electron chi connectivity index (χ1n) is 10.0. The van der Waals surface area contributed by atoms with E-state index in [0.29, 0.717) is 39.5 Å². The standard InChI is InChI=1S/C22H29N3O4S/c1-17(13-28-14-19-7-5-4-6-8-19)21(23-3)25-18(2)30-16-20(25)15-29-22(26)24-9-11-27-12-10-24/h4-8,16-17H,2,9-15H2,1,3H3. The molecule has 2 aliphatic heterocycles. The highest BCUT2D eigenvalue weighted by molar-refractivity contribution is 8.06. The van der Waals surface area contributed by atoms with E-state index in [2.05, 4.69) is 18.5 Å². The molecule has 1 saturated heterocycles. The number of amidine groups is 1. The van der Waals surface area contributed by atoms with Crippen LogP contribution in [0.4, 0.5) is 4.79 Å². The largest absolute Gasteiger partial charge is 0.443 e. The van der Waals surface area contributed by atoms with Crippen molar-refractivity contribution < 1.29 is 19.0 Å². The summed E-state index contributed by atoms with van der Waals surface area (Å²) in [5.74, 6) is 0.888. The van der Waals surface area contributed by atoms with Crippen LogP contribution in [-0.4, -0.2) is 68.3 Å². The molecule has 3 rings (SSSR count). The summed E-state index contributed by atoms with van der Waals surface area (Å²) >= 11 is 1.51. The van der Waals surface area contributed by atoms with E-state index in [4.69, 9.17) is 14.2 Å². The van der Waals surface area contributed by atoms with Gasteiger partial charge in [0.1, 0.15) is 12.4 Å². The van der Waals surface area contributed by atoms with Crippen LogP contribution in [0.2, 0.25) is 0 Å². The summed E-state index contributed by atoms with van der Waals surface area (Å²) in [6, 6.07) is 10.1. The van der Waals surface area contributed by atoms with Crippen molar-refractivity contribution in [3.63, 3.8) is 0 Å². The summed E-state index contributed by atoms with van der Waals surface area (Å²) in [4.78, 5) is 20.4. The highest BCUT2D eigenvalue weighted by Gasteiger charge is 2.29. The summed E-state index contributed by atoms with van der Waals surface area (Å²) in [6.45, 7) is 9.65. The predicted octanol–water partition coefficient (Wildman–Crippen LogP) is 3.70. The smallest absolute Gasteiger partial charge is 0.410 e. The Morgan fingerprint density at radius 2 is 2.00 bits per heavy atom. The molecule has 0 bridgehead atoms. The van der Waals surface area contributed by atoms with Crippen LogP contribution in [0.1, 0.15) is 12.5 Å². The van der Waals surface area contributed by atoms with Gasteiger partial charge in [0.25, 0.3) is 0 Å². The van der Waals surface area contributed by atoms with E-state index in [1.807, 2.05) is 40.6 Å². The van der Waals surface area contributed by atoms with Gasteiger partial charge < -0.3 is 19.1 Å². The molecule has 0 spiro atoms. The van der Waals surface area contributed by atoms with Crippen molar-refractivity contribution in [2.45, 2.75) is 13.5 Å². The molecule has 7 nitrogen and oxygen atoms in total. The Kier molecular flexibility index (Phi) is 8.36. The topological polar surface area (TPSA) is 63.6 Å². The fourth-order valence-corrected chi connectivity index (χ4v) is 4.05. The Labute approximate surface area is 182 Å². The van der Waals surface area contributed by atoms with Crippen molar-refractivity contribution in [2.24, 2.45) is 10.9 Å². The zero-order valence-corrected chi connectivity index (χ0v) is 18.4. The molecule has 0 aliphatic carbocycles. The second-order valence-corrected chi connectivity index (χ2v) is 8.04. The van der Waals surface area contributed by atoms with Crippen LogP contribution in [0.25, 0.3) is 0 Å². The first-order chi connectivity index (χ1) is 14.6. The fraction of sp³-hybridized carbons (Fsp3) is 0.455. The number of carbonyl (C=O) groups is 1. The number of aliphatic imine (C=N–C) groups is 1. The molecule has 162 valence electrons. The molecular weight excluding hydrogens is 402 g/mol. The van der Waals surface area contributed by atoms with Gasteiger partial charge in [-0.25, -0.2) is 4.79 Å². The van der Waals surface area contributed by atoms with Gasteiger partial charge in [-0.15, -0.1) is 0 Å². The molecule has 1 aromatic rings. The van der Waals surface area contributed by atoms with Crippen LogP contribution in [0.15, 0.2) is 58.0 Å². The summed E-state index contributed by atoms with van der Waals surface area (Å²) in [5, 5.41) is 2.79. The Morgan fingerprint density at radius 1 is 1.27 bits per heavy atom. The third-order valence-electron chi connectivity index (χ3n) is 4.86. The lowest BCUT2D eigenvalue weighted by Crippen LogP contribution is -2.41.